The first-order valence-electron chi connectivity index (χ1n) is 7.50. The highest BCUT2D eigenvalue weighted by Crippen LogP contribution is 2.32. The highest BCUT2D eigenvalue weighted by molar-refractivity contribution is 7.80. The fourth-order valence-corrected chi connectivity index (χ4v) is 2.93. The van der Waals surface area contributed by atoms with Crippen LogP contribution in [-0.4, -0.2) is 18.2 Å². The molecule has 1 aliphatic heterocycles. The van der Waals surface area contributed by atoms with E-state index >= 15 is 0 Å². The van der Waals surface area contributed by atoms with Crippen LogP contribution in [0.2, 0.25) is 0 Å². The van der Waals surface area contributed by atoms with Crippen LogP contribution in [0.4, 0.5) is 0 Å². The number of nitriles is 1. The van der Waals surface area contributed by atoms with Crippen molar-refractivity contribution < 1.29 is 13.9 Å². The van der Waals surface area contributed by atoms with Crippen LogP contribution >= 0.6 is 12.2 Å². The third kappa shape index (κ3) is 3.25. The molecule has 0 saturated heterocycles. The van der Waals surface area contributed by atoms with E-state index in [0.29, 0.717) is 33.5 Å². The van der Waals surface area contributed by atoms with Gasteiger partial charge in [-0.3, -0.25) is 0 Å². The van der Waals surface area contributed by atoms with Crippen LogP contribution in [0, 0.1) is 11.3 Å². The molecule has 0 amide bonds. The van der Waals surface area contributed by atoms with Gasteiger partial charge in [0.15, 0.2) is 5.11 Å². The molecular weight excluding hydrogens is 338 g/mol. The van der Waals surface area contributed by atoms with Gasteiger partial charge in [-0.2, -0.15) is 5.26 Å². The molecule has 1 aliphatic rings. The van der Waals surface area contributed by atoms with Crippen LogP contribution in [0.1, 0.15) is 24.3 Å². The van der Waals surface area contributed by atoms with E-state index in [1.807, 2.05) is 18.2 Å². The third-order valence-corrected chi connectivity index (χ3v) is 4.10. The number of hydrogen-bond acceptors (Lipinski definition) is 5. The van der Waals surface area contributed by atoms with Gasteiger partial charge in [0.2, 0.25) is 0 Å². The molecule has 0 saturated carbocycles. The molecule has 6 nitrogen and oxygen atoms in total. The highest BCUT2D eigenvalue weighted by atomic mass is 32.1. The zero-order valence-electron chi connectivity index (χ0n) is 13.6. The standard InChI is InChI=1S/C18H15N3O3S/c1-10-15(17(22)23-2)16(21-18(25)20-10)14-8-7-13(24-14)12-5-3-11(9-19)4-6-12/h3-8,16H,1-2H3,(H2,20,21,25)/t16-/m0/s1. The quantitative estimate of drug-likeness (QED) is 0.648. The maximum atomic E-state index is 12.1. The summed E-state index contributed by atoms with van der Waals surface area (Å²) < 4.78 is 10.8. The molecule has 0 bridgehead atoms. The Hall–Kier alpha value is -3.11. The van der Waals surface area contributed by atoms with E-state index in [1.165, 1.54) is 7.11 Å². The molecule has 2 aromatic rings. The van der Waals surface area contributed by atoms with Gasteiger partial charge in [-0.25, -0.2) is 4.79 Å². The van der Waals surface area contributed by atoms with E-state index in [2.05, 4.69) is 16.7 Å². The van der Waals surface area contributed by atoms with E-state index in [4.69, 9.17) is 26.6 Å². The SMILES string of the molecule is COC(=O)C1=C(C)NC(=S)N[C@H]1c1ccc(-c2ccc(C#N)cc2)o1. The van der Waals surface area contributed by atoms with Crippen LogP contribution in [0.25, 0.3) is 11.3 Å². The van der Waals surface area contributed by atoms with Crippen molar-refractivity contribution in [1.29, 1.82) is 5.26 Å². The molecule has 0 fully saturated rings. The Kier molecular flexibility index (Phi) is 4.55. The first kappa shape index (κ1) is 16.7. The summed E-state index contributed by atoms with van der Waals surface area (Å²) in [5, 5.41) is 15.2. The summed E-state index contributed by atoms with van der Waals surface area (Å²) in [5.74, 6) is 0.719. The number of allylic oxidation sites excluding steroid dienone is 1. The first-order chi connectivity index (χ1) is 12.0. The minimum absolute atomic E-state index is 0.409. The van der Waals surface area contributed by atoms with Crippen LogP contribution in [0.5, 0.6) is 0 Å². The van der Waals surface area contributed by atoms with E-state index in [1.54, 1.807) is 25.1 Å². The number of furan rings is 1. The molecule has 0 unspecified atom stereocenters. The van der Waals surface area contributed by atoms with Crippen molar-refractivity contribution in [3.63, 3.8) is 0 Å². The molecule has 1 aromatic heterocycles. The molecule has 1 aromatic carbocycles. The number of ether oxygens (including phenoxy) is 1. The van der Waals surface area contributed by atoms with E-state index in [-0.39, 0.29) is 0 Å². The van der Waals surface area contributed by atoms with Crippen LogP contribution in [0.3, 0.4) is 0 Å². The number of benzene rings is 1. The smallest absolute Gasteiger partial charge is 0.338 e. The Balaban J connectivity index is 1.97. The lowest BCUT2D eigenvalue weighted by Crippen LogP contribution is -2.44. The van der Waals surface area contributed by atoms with Gasteiger partial charge in [0.25, 0.3) is 0 Å². The van der Waals surface area contributed by atoms with Gasteiger partial charge in [-0.05, 0) is 55.5 Å². The normalized spacial score (nSPS) is 16.7. The van der Waals surface area contributed by atoms with Crippen molar-refractivity contribution in [2.24, 2.45) is 0 Å². The Morgan fingerprint density at radius 2 is 2.00 bits per heavy atom. The molecular formula is C18H15N3O3S. The second-order valence-corrected chi connectivity index (χ2v) is 5.86. The fraction of sp³-hybridized carbons (Fsp3) is 0.167. The molecule has 1 atom stereocenters. The average molecular weight is 353 g/mol. The molecule has 2 heterocycles. The Labute approximate surface area is 150 Å². The van der Waals surface area contributed by atoms with Gasteiger partial charge < -0.3 is 19.8 Å². The number of methoxy groups -OCH3 is 1. The van der Waals surface area contributed by atoms with Crippen molar-refractivity contribution in [1.82, 2.24) is 10.6 Å². The minimum Gasteiger partial charge on any atom is -0.466 e. The molecule has 2 N–H and O–H groups in total. The summed E-state index contributed by atoms with van der Waals surface area (Å²) in [6, 6.07) is 12.2. The summed E-state index contributed by atoms with van der Waals surface area (Å²) >= 11 is 5.18. The fourth-order valence-electron chi connectivity index (χ4n) is 2.66. The molecule has 0 spiro atoms. The molecule has 25 heavy (non-hydrogen) atoms. The topological polar surface area (TPSA) is 87.3 Å². The zero-order valence-corrected chi connectivity index (χ0v) is 14.4. The van der Waals surface area contributed by atoms with Crippen molar-refractivity contribution in [2.45, 2.75) is 13.0 Å². The van der Waals surface area contributed by atoms with Crippen LogP contribution in [-0.2, 0) is 9.53 Å². The average Bonchev–Trinajstić information content (AvgIpc) is 3.10. The van der Waals surface area contributed by atoms with Crippen molar-refractivity contribution >= 4 is 23.3 Å². The highest BCUT2D eigenvalue weighted by Gasteiger charge is 2.32. The summed E-state index contributed by atoms with van der Waals surface area (Å²) in [6.45, 7) is 1.76. The predicted octanol–water partition coefficient (Wildman–Crippen LogP) is 2.78. The second-order valence-electron chi connectivity index (χ2n) is 5.45. The maximum Gasteiger partial charge on any atom is 0.338 e. The summed E-state index contributed by atoms with van der Waals surface area (Å²) in [7, 11) is 1.33. The lowest BCUT2D eigenvalue weighted by atomic mass is 10.0. The zero-order chi connectivity index (χ0) is 18.0. The Bertz CT molecular complexity index is 906. The number of nitrogens with zero attached hydrogens (tertiary/aromatic N) is 1. The number of rotatable bonds is 3. The summed E-state index contributed by atoms with van der Waals surface area (Å²) in [5.41, 5.74) is 2.45. The monoisotopic (exact) mass is 353 g/mol. The number of nitrogens with one attached hydrogen (secondary N) is 2. The summed E-state index contributed by atoms with van der Waals surface area (Å²) in [4.78, 5) is 12.1. The number of esters is 1. The Morgan fingerprint density at radius 1 is 1.28 bits per heavy atom. The lowest BCUT2D eigenvalue weighted by molar-refractivity contribution is -0.136. The second kappa shape index (κ2) is 6.79. The maximum absolute atomic E-state index is 12.1. The summed E-state index contributed by atoms with van der Waals surface area (Å²) in [6.07, 6.45) is 0. The van der Waals surface area contributed by atoms with Gasteiger partial charge >= 0.3 is 5.97 Å². The van der Waals surface area contributed by atoms with Gasteiger partial charge in [0.05, 0.1) is 24.3 Å². The number of carbonyl (C=O) groups is 1. The largest absolute Gasteiger partial charge is 0.466 e. The third-order valence-electron chi connectivity index (χ3n) is 3.88. The van der Waals surface area contributed by atoms with Crippen molar-refractivity contribution in [3.8, 4) is 17.4 Å². The van der Waals surface area contributed by atoms with Gasteiger partial charge in [-0.1, -0.05) is 0 Å². The Morgan fingerprint density at radius 3 is 2.64 bits per heavy atom. The predicted molar refractivity (Wildman–Crippen MR) is 95.2 cm³/mol. The first-order valence-corrected chi connectivity index (χ1v) is 7.91. The van der Waals surface area contributed by atoms with Gasteiger partial charge in [-0.15, -0.1) is 0 Å². The van der Waals surface area contributed by atoms with Crippen molar-refractivity contribution in [2.75, 3.05) is 7.11 Å². The van der Waals surface area contributed by atoms with E-state index in [0.717, 1.165) is 5.56 Å². The van der Waals surface area contributed by atoms with Crippen molar-refractivity contribution in [3.05, 3.63) is 59.0 Å². The molecule has 7 heteroatoms. The van der Waals surface area contributed by atoms with Crippen LogP contribution < -0.4 is 10.6 Å². The number of thiocarbonyl (C=S) groups is 1. The van der Waals surface area contributed by atoms with Gasteiger partial charge in [0.1, 0.15) is 17.6 Å². The number of hydrogen-bond donors (Lipinski definition) is 2. The molecule has 126 valence electrons. The molecule has 0 radical (unpaired) electrons. The molecule has 0 aliphatic carbocycles. The lowest BCUT2D eigenvalue weighted by Gasteiger charge is -2.27. The van der Waals surface area contributed by atoms with Gasteiger partial charge in [0, 0.05) is 11.3 Å². The van der Waals surface area contributed by atoms with E-state index in [9.17, 15) is 4.79 Å². The minimum atomic E-state index is -0.534. The van der Waals surface area contributed by atoms with E-state index < -0.39 is 12.0 Å². The van der Waals surface area contributed by atoms with Crippen LogP contribution in [0.15, 0.2) is 52.1 Å². The molecule has 3 rings (SSSR count). The number of carbonyl (C=O) groups excluding carboxylic acids is 1.